The van der Waals surface area contributed by atoms with E-state index in [0.29, 0.717) is 17.4 Å². The summed E-state index contributed by atoms with van der Waals surface area (Å²) in [5.74, 6) is 0.460. The number of benzene rings is 1. The summed E-state index contributed by atoms with van der Waals surface area (Å²) in [6.45, 7) is 4.82. The molecule has 1 aromatic carbocycles. The first-order chi connectivity index (χ1) is 8.97. The fraction of sp³-hybridized carbons (Fsp3) is 0.571. The van der Waals surface area contributed by atoms with Gasteiger partial charge in [0.05, 0.1) is 4.90 Å². The molecule has 0 heterocycles. The molecule has 4 nitrogen and oxygen atoms in total. The lowest BCUT2D eigenvalue weighted by molar-refractivity contribution is 0.578. The van der Waals surface area contributed by atoms with E-state index in [1.165, 1.54) is 5.56 Å². The molecule has 106 valence electrons. The SMILES string of the molecule is CCc1ccc(S(=O)(=O)NC2CC2C)cc1CNC. The highest BCUT2D eigenvalue weighted by molar-refractivity contribution is 7.89. The van der Waals surface area contributed by atoms with Gasteiger partial charge in [-0.3, -0.25) is 0 Å². The summed E-state index contributed by atoms with van der Waals surface area (Å²) < 4.78 is 27.3. The van der Waals surface area contributed by atoms with Crippen LogP contribution in [0.2, 0.25) is 0 Å². The molecule has 2 N–H and O–H groups in total. The molecule has 1 aliphatic carbocycles. The smallest absolute Gasteiger partial charge is 0.240 e. The Kier molecular flexibility index (Phi) is 4.28. The summed E-state index contributed by atoms with van der Waals surface area (Å²) in [5.41, 5.74) is 2.24. The zero-order valence-electron chi connectivity index (χ0n) is 11.7. The van der Waals surface area contributed by atoms with Gasteiger partial charge >= 0.3 is 0 Å². The molecule has 0 spiro atoms. The van der Waals surface area contributed by atoms with E-state index in [4.69, 9.17) is 0 Å². The summed E-state index contributed by atoms with van der Waals surface area (Å²) in [7, 11) is -1.51. The van der Waals surface area contributed by atoms with Gasteiger partial charge in [0.2, 0.25) is 10.0 Å². The Bertz CT molecular complexity index is 555. The number of nitrogens with one attached hydrogen (secondary N) is 2. The van der Waals surface area contributed by atoms with Crippen LogP contribution in [0.25, 0.3) is 0 Å². The van der Waals surface area contributed by atoms with Crippen molar-refractivity contribution in [1.82, 2.24) is 10.0 Å². The van der Waals surface area contributed by atoms with Crippen molar-refractivity contribution < 1.29 is 8.42 Å². The highest BCUT2D eigenvalue weighted by Crippen LogP contribution is 2.31. The van der Waals surface area contributed by atoms with Gasteiger partial charge in [-0.15, -0.1) is 0 Å². The summed E-state index contributed by atoms with van der Waals surface area (Å²) in [5, 5.41) is 3.08. The minimum atomic E-state index is -3.37. The standard InChI is InChI=1S/C14H22N2O2S/c1-4-11-5-6-13(8-12(11)9-15-3)19(17,18)16-14-7-10(14)2/h5-6,8,10,14-16H,4,7,9H2,1-3H3. The first-order valence-corrected chi connectivity index (χ1v) is 8.25. The second-order valence-corrected chi connectivity index (χ2v) is 6.97. The molecule has 0 amide bonds. The van der Waals surface area contributed by atoms with Crippen LogP contribution in [0.15, 0.2) is 23.1 Å². The number of sulfonamides is 1. The molecule has 1 aliphatic rings. The highest BCUT2D eigenvalue weighted by Gasteiger charge is 2.36. The zero-order valence-corrected chi connectivity index (χ0v) is 12.5. The Hall–Kier alpha value is -0.910. The minimum absolute atomic E-state index is 0.114. The summed E-state index contributed by atoms with van der Waals surface area (Å²) in [6.07, 6.45) is 1.85. The van der Waals surface area contributed by atoms with Crippen LogP contribution in [0.5, 0.6) is 0 Å². The minimum Gasteiger partial charge on any atom is -0.316 e. The predicted octanol–water partition coefficient (Wildman–Crippen LogP) is 1.66. The Balaban J connectivity index is 2.26. The third-order valence-corrected chi connectivity index (χ3v) is 5.14. The maximum absolute atomic E-state index is 12.3. The third-order valence-electron chi connectivity index (χ3n) is 3.65. The molecule has 0 aliphatic heterocycles. The quantitative estimate of drug-likeness (QED) is 0.834. The van der Waals surface area contributed by atoms with Crippen molar-refractivity contribution in [3.05, 3.63) is 29.3 Å². The topological polar surface area (TPSA) is 58.2 Å². The predicted molar refractivity (Wildman–Crippen MR) is 76.5 cm³/mol. The van der Waals surface area contributed by atoms with Crippen LogP contribution in [0, 0.1) is 5.92 Å². The van der Waals surface area contributed by atoms with Crippen LogP contribution < -0.4 is 10.0 Å². The van der Waals surface area contributed by atoms with Crippen molar-refractivity contribution in [3.63, 3.8) is 0 Å². The van der Waals surface area contributed by atoms with Gasteiger partial charge in [-0.1, -0.05) is 19.9 Å². The highest BCUT2D eigenvalue weighted by atomic mass is 32.2. The summed E-state index contributed by atoms with van der Waals surface area (Å²) in [6, 6.07) is 5.51. The molecule has 5 heteroatoms. The van der Waals surface area contributed by atoms with E-state index in [-0.39, 0.29) is 6.04 Å². The molecular weight excluding hydrogens is 260 g/mol. The molecule has 2 unspecified atom stereocenters. The second-order valence-electron chi connectivity index (χ2n) is 5.26. The molecule has 2 rings (SSSR count). The van der Waals surface area contributed by atoms with Gasteiger partial charge < -0.3 is 5.32 Å². The fourth-order valence-corrected chi connectivity index (χ4v) is 3.63. The number of hydrogen-bond donors (Lipinski definition) is 2. The fourth-order valence-electron chi connectivity index (χ4n) is 2.22. The van der Waals surface area contributed by atoms with E-state index >= 15 is 0 Å². The van der Waals surface area contributed by atoms with E-state index in [1.807, 2.05) is 13.1 Å². The van der Waals surface area contributed by atoms with Gasteiger partial charge in [0, 0.05) is 12.6 Å². The van der Waals surface area contributed by atoms with Gasteiger partial charge in [0.25, 0.3) is 0 Å². The molecule has 0 radical (unpaired) electrons. The lowest BCUT2D eigenvalue weighted by Crippen LogP contribution is -2.27. The Labute approximate surface area is 115 Å². The van der Waals surface area contributed by atoms with Gasteiger partial charge in [-0.2, -0.15) is 0 Å². The molecule has 0 aromatic heterocycles. The average Bonchev–Trinajstić information content (AvgIpc) is 3.04. The maximum atomic E-state index is 12.3. The zero-order chi connectivity index (χ0) is 14.0. The van der Waals surface area contributed by atoms with Gasteiger partial charge in [-0.05, 0) is 49.1 Å². The summed E-state index contributed by atoms with van der Waals surface area (Å²) in [4.78, 5) is 0.369. The van der Waals surface area contributed by atoms with Crippen LogP contribution >= 0.6 is 0 Å². The molecule has 19 heavy (non-hydrogen) atoms. The van der Waals surface area contributed by atoms with Crippen LogP contribution in [0.4, 0.5) is 0 Å². The second kappa shape index (κ2) is 5.61. The van der Waals surface area contributed by atoms with E-state index < -0.39 is 10.0 Å². The van der Waals surface area contributed by atoms with Crippen LogP contribution in [-0.4, -0.2) is 21.5 Å². The van der Waals surface area contributed by atoms with Crippen LogP contribution in [0.3, 0.4) is 0 Å². The van der Waals surface area contributed by atoms with E-state index in [0.717, 1.165) is 18.4 Å². The van der Waals surface area contributed by atoms with Crippen molar-refractivity contribution in [2.75, 3.05) is 7.05 Å². The Morgan fingerprint density at radius 1 is 1.32 bits per heavy atom. The monoisotopic (exact) mass is 282 g/mol. The number of aryl methyl sites for hydroxylation is 1. The van der Waals surface area contributed by atoms with Crippen molar-refractivity contribution in [2.45, 2.75) is 44.2 Å². The maximum Gasteiger partial charge on any atom is 0.240 e. The number of hydrogen-bond acceptors (Lipinski definition) is 3. The molecule has 1 saturated carbocycles. The normalized spacial score (nSPS) is 22.5. The largest absolute Gasteiger partial charge is 0.316 e. The van der Waals surface area contributed by atoms with Gasteiger partial charge in [0.1, 0.15) is 0 Å². The first-order valence-electron chi connectivity index (χ1n) is 6.76. The molecule has 0 saturated heterocycles. The van der Waals surface area contributed by atoms with E-state index in [9.17, 15) is 8.42 Å². The lowest BCUT2D eigenvalue weighted by atomic mass is 10.1. The van der Waals surface area contributed by atoms with Crippen molar-refractivity contribution >= 4 is 10.0 Å². The molecular formula is C14H22N2O2S. The van der Waals surface area contributed by atoms with Crippen molar-refractivity contribution in [2.24, 2.45) is 5.92 Å². The molecule has 1 aromatic rings. The van der Waals surface area contributed by atoms with Crippen molar-refractivity contribution in [3.8, 4) is 0 Å². The van der Waals surface area contributed by atoms with Crippen LogP contribution in [-0.2, 0) is 23.0 Å². The lowest BCUT2D eigenvalue weighted by Gasteiger charge is -2.11. The van der Waals surface area contributed by atoms with E-state index in [1.54, 1.807) is 12.1 Å². The first kappa shape index (κ1) is 14.5. The van der Waals surface area contributed by atoms with Gasteiger partial charge in [-0.25, -0.2) is 13.1 Å². The molecule has 1 fully saturated rings. The van der Waals surface area contributed by atoms with Crippen molar-refractivity contribution in [1.29, 1.82) is 0 Å². The van der Waals surface area contributed by atoms with Crippen LogP contribution in [0.1, 0.15) is 31.4 Å². The average molecular weight is 282 g/mol. The molecule has 2 atom stereocenters. The Morgan fingerprint density at radius 3 is 2.53 bits per heavy atom. The molecule has 0 bridgehead atoms. The van der Waals surface area contributed by atoms with E-state index in [2.05, 4.69) is 23.9 Å². The number of rotatable bonds is 6. The summed E-state index contributed by atoms with van der Waals surface area (Å²) >= 11 is 0. The van der Waals surface area contributed by atoms with Gasteiger partial charge in [0.15, 0.2) is 0 Å². The Morgan fingerprint density at radius 2 is 2.00 bits per heavy atom. The third kappa shape index (κ3) is 3.35.